The van der Waals surface area contributed by atoms with E-state index in [1.54, 1.807) is 54.6 Å². The highest BCUT2D eigenvalue weighted by Crippen LogP contribution is 2.10. The van der Waals surface area contributed by atoms with Crippen LogP contribution in [0.4, 0.5) is 0 Å². The zero-order chi connectivity index (χ0) is 18.2. The van der Waals surface area contributed by atoms with Gasteiger partial charge in [0.2, 0.25) is 0 Å². The fourth-order valence-electron chi connectivity index (χ4n) is 2.36. The van der Waals surface area contributed by atoms with Gasteiger partial charge in [-0.25, -0.2) is 4.79 Å². The van der Waals surface area contributed by atoms with Gasteiger partial charge < -0.3 is 15.5 Å². The van der Waals surface area contributed by atoms with E-state index in [0.29, 0.717) is 12.0 Å². The molecule has 0 radical (unpaired) electrons. The Morgan fingerprint density at radius 1 is 0.880 bits per heavy atom. The van der Waals surface area contributed by atoms with E-state index in [2.05, 4.69) is 5.32 Å². The molecule has 3 N–H and O–H groups in total. The molecule has 0 aromatic heterocycles. The zero-order valence-corrected chi connectivity index (χ0v) is 13.5. The van der Waals surface area contributed by atoms with Gasteiger partial charge in [-0.15, -0.1) is 0 Å². The number of nitrogens with one attached hydrogen (secondary N) is 1. The van der Waals surface area contributed by atoms with Crippen molar-refractivity contribution in [3.05, 3.63) is 71.3 Å². The number of benzene rings is 2. The average molecular weight is 341 g/mol. The van der Waals surface area contributed by atoms with Gasteiger partial charge in [0.1, 0.15) is 6.04 Å². The van der Waals surface area contributed by atoms with Gasteiger partial charge in [0.05, 0.1) is 0 Å². The predicted molar refractivity (Wildman–Crippen MR) is 91.4 cm³/mol. The molecular weight excluding hydrogens is 322 g/mol. The molecule has 0 bridgehead atoms. The standard InChI is InChI=1S/C19H19NO5/c21-17(22)11-10-13-6-8-14(9-7-13)12-16(19(24)25)20-18(23)15-4-2-1-3-5-15/h1-9,16H,10-12H2,(H,20,23)(H,21,22)(H,24,25). The molecule has 0 aliphatic carbocycles. The highest BCUT2D eigenvalue weighted by atomic mass is 16.4. The van der Waals surface area contributed by atoms with Crippen molar-refractivity contribution < 1.29 is 24.6 Å². The number of carboxylic acid groups (broad SMARTS) is 2. The first-order valence-electron chi connectivity index (χ1n) is 7.84. The number of hydrogen-bond acceptors (Lipinski definition) is 3. The lowest BCUT2D eigenvalue weighted by molar-refractivity contribution is -0.139. The topological polar surface area (TPSA) is 104 Å². The van der Waals surface area contributed by atoms with Crippen LogP contribution < -0.4 is 5.32 Å². The summed E-state index contributed by atoms with van der Waals surface area (Å²) in [5, 5.41) is 20.6. The molecule has 0 spiro atoms. The molecule has 6 heteroatoms. The third-order valence-electron chi connectivity index (χ3n) is 3.73. The lowest BCUT2D eigenvalue weighted by Crippen LogP contribution is -2.42. The van der Waals surface area contributed by atoms with Crippen molar-refractivity contribution in [3.8, 4) is 0 Å². The number of carbonyl (C=O) groups is 3. The molecule has 0 saturated carbocycles. The van der Waals surface area contributed by atoms with E-state index in [1.165, 1.54) is 0 Å². The van der Waals surface area contributed by atoms with E-state index < -0.39 is 23.9 Å². The summed E-state index contributed by atoms with van der Waals surface area (Å²) >= 11 is 0. The molecule has 1 amide bonds. The van der Waals surface area contributed by atoms with Crippen LogP contribution in [0.25, 0.3) is 0 Å². The van der Waals surface area contributed by atoms with E-state index >= 15 is 0 Å². The second kappa shape index (κ2) is 8.63. The van der Waals surface area contributed by atoms with Gasteiger partial charge in [0.15, 0.2) is 0 Å². The highest BCUT2D eigenvalue weighted by Gasteiger charge is 2.21. The summed E-state index contributed by atoms with van der Waals surface area (Å²) in [6.45, 7) is 0. The highest BCUT2D eigenvalue weighted by molar-refractivity contribution is 5.96. The van der Waals surface area contributed by atoms with E-state index in [-0.39, 0.29) is 12.8 Å². The maximum absolute atomic E-state index is 12.1. The lowest BCUT2D eigenvalue weighted by atomic mass is 10.0. The summed E-state index contributed by atoms with van der Waals surface area (Å²) in [5.41, 5.74) is 2.02. The van der Waals surface area contributed by atoms with E-state index in [0.717, 1.165) is 11.1 Å². The van der Waals surface area contributed by atoms with Crippen molar-refractivity contribution in [1.29, 1.82) is 0 Å². The van der Waals surface area contributed by atoms with Crippen LogP contribution in [0.2, 0.25) is 0 Å². The number of aliphatic carboxylic acids is 2. The van der Waals surface area contributed by atoms with Gasteiger partial charge in [0.25, 0.3) is 5.91 Å². The first-order chi connectivity index (χ1) is 12.0. The summed E-state index contributed by atoms with van der Waals surface area (Å²) in [6, 6.07) is 14.4. The molecule has 2 aromatic rings. The quantitative estimate of drug-likeness (QED) is 0.682. The lowest BCUT2D eigenvalue weighted by Gasteiger charge is -2.15. The molecule has 1 atom stereocenters. The maximum atomic E-state index is 12.1. The molecular formula is C19H19NO5. The number of aryl methyl sites for hydroxylation is 1. The van der Waals surface area contributed by atoms with Gasteiger partial charge in [-0.2, -0.15) is 0 Å². The number of rotatable bonds is 8. The van der Waals surface area contributed by atoms with Crippen molar-refractivity contribution in [2.24, 2.45) is 0 Å². The third kappa shape index (κ3) is 5.76. The second-order valence-electron chi connectivity index (χ2n) is 5.64. The Hall–Kier alpha value is -3.15. The summed E-state index contributed by atoms with van der Waals surface area (Å²) < 4.78 is 0. The Morgan fingerprint density at radius 2 is 1.48 bits per heavy atom. The first kappa shape index (κ1) is 18.2. The zero-order valence-electron chi connectivity index (χ0n) is 13.5. The van der Waals surface area contributed by atoms with Crippen LogP contribution in [0.15, 0.2) is 54.6 Å². The summed E-state index contributed by atoms with van der Waals surface area (Å²) in [6.07, 6.45) is 0.611. The van der Waals surface area contributed by atoms with Crippen LogP contribution in [0.5, 0.6) is 0 Å². The van der Waals surface area contributed by atoms with Crippen molar-refractivity contribution in [3.63, 3.8) is 0 Å². The summed E-state index contributed by atoms with van der Waals surface area (Å²) in [4.78, 5) is 34.1. The fourth-order valence-corrected chi connectivity index (χ4v) is 2.36. The van der Waals surface area contributed by atoms with Gasteiger partial charge in [-0.3, -0.25) is 9.59 Å². The van der Waals surface area contributed by atoms with Crippen LogP contribution in [-0.4, -0.2) is 34.1 Å². The Morgan fingerprint density at radius 3 is 2.04 bits per heavy atom. The Balaban J connectivity index is 2.00. The molecule has 25 heavy (non-hydrogen) atoms. The van der Waals surface area contributed by atoms with Gasteiger partial charge in [-0.05, 0) is 29.7 Å². The van der Waals surface area contributed by atoms with Crippen LogP contribution in [0.1, 0.15) is 27.9 Å². The van der Waals surface area contributed by atoms with Crippen molar-refractivity contribution in [1.82, 2.24) is 5.32 Å². The van der Waals surface area contributed by atoms with E-state index in [9.17, 15) is 19.5 Å². The number of carbonyl (C=O) groups excluding carboxylic acids is 1. The minimum absolute atomic E-state index is 0.0459. The van der Waals surface area contributed by atoms with Crippen LogP contribution in [0, 0.1) is 0 Å². The minimum atomic E-state index is -1.11. The number of hydrogen-bond donors (Lipinski definition) is 3. The maximum Gasteiger partial charge on any atom is 0.326 e. The molecule has 0 heterocycles. The molecule has 0 aliphatic heterocycles. The largest absolute Gasteiger partial charge is 0.481 e. The number of amides is 1. The molecule has 130 valence electrons. The first-order valence-corrected chi connectivity index (χ1v) is 7.84. The molecule has 6 nitrogen and oxygen atoms in total. The van der Waals surface area contributed by atoms with E-state index in [1.807, 2.05) is 0 Å². The molecule has 0 saturated heterocycles. The van der Waals surface area contributed by atoms with Gasteiger partial charge in [-0.1, -0.05) is 42.5 Å². The molecule has 0 aliphatic rings. The second-order valence-corrected chi connectivity index (χ2v) is 5.64. The Labute approximate surface area is 145 Å². The Bertz CT molecular complexity index is 740. The van der Waals surface area contributed by atoms with Crippen LogP contribution >= 0.6 is 0 Å². The average Bonchev–Trinajstić information content (AvgIpc) is 2.61. The summed E-state index contributed by atoms with van der Waals surface area (Å²) in [5.74, 6) is -2.41. The minimum Gasteiger partial charge on any atom is -0.481 e. The fraction of sp³-hybridized carbons (Fsp3) is 0.211. The normalized spacial score (nSPS) is 11.5. The predicted octanol–water partition coefficient (Wildman–Crippen LogP) is 2.13. The smallest absolute Gasteiger partial charge is 0.326 e. The summed E-state index contributed by atoms with van der Waals surface area (Å²) in [7, 11) is 0. The van der Waals surface area contributed by atoms with E-state index in [4.69, 9.17) is 5.11 Å². The van der Waals surface area contributed by atoms with Gasteiger partial charge >= 0.3 is 11.9 Å². The van der Waals surface area contributed by atoms with Crippen molar-refractivity contribution in [2.75, 3.05) is 0 Å². The van der Waals surface area contributed by atoms with Crippen LogP contribution in [0.3, 0.4) is 0 Å². The van der Waals surface area contributed by atoms with Crippen LogP contribution in [-0.2, 0) is 22.4 Å². The SMILES string of the molecule is O=C(O)CCc1ccc(CC(NC(=O)c2ccccc2)C(=O)O)cc1. The molecule has 1 unspecified atom stereocenters. The monoisotopic (exact) mass is 341 g/mol. The molecule has 2 rings (SSSR count). The molecule has 2 aromatic carbocycles. The van der Waals surface area contributed by atoms with Gasteiger partial charge in [0, 0.05) is 18.4 Å². The molecule has 0 fully saturated rings. The van der Waals surface area contributed by atoms with Crippen molar-refractivity contribution >= 4 is 17.8 Å². The number of carboxylic acids is 2. The third-order valence-corrected chi connectivity index (χ3v) is 3.73. The van der Waals surface area contributed by atoms with Crippen molar-refractivity contribution in [2.45, 2.75) is 25.3 Å². The Kier molecular flexibility index (Phi) is 6.28.